The van der Waals surface area contributed by atoms with Gasteiger partial charge in [0.15, 0.2) is 0 Å². The third-order valence-corrected chi connectivity index (χ3v) is 4.53. The molecule has 0 spiro atoms. The van der Waals surface area contributed by atoms with Crippen LogP contribution in [0.25, 0.3) is 11.1 Å². The summed E-state index contributed by atoms with van der Waals surface area (Å²) >= 11 is 0. The van der Waals surface area contributed by atoms with Gasteiger partial charge in [0, 0.05) is 11.8 Å². The number of halogens is 7. The Balaban J connectivity index is 0.00000280. The number of alkyl halides is 6. The summed E-state index contributed by atoms with van der Waals surface area (Å²) in [5, 5.41) is 3.12. The van der Waals surface area contributed by atoms with Gasteiger partial charge in [-0.25, -0.2) is 0 Å². The number of nitrogens with zero attached hydrogens (tertiary/aromatic N) is 1. The lowest BCUT2D eigenvalue weighted by atomic mass is 10.00. The second-order valence-corrected chi connectivity index (χ2v) is 6.52. The minimum atomic E-state index is -4.90. The molecule has 1 saturated carbocycles. The van der Waals surface area contributed by atoms with Crippen molar-refractivity contribution in [3.63, 3.8) is 0 Å². The van der Waals surface area contributed by atoms with Crippen molar-refractivity contribution in [1.29, 1.82) is 0 Å². The molecular formula is C18H17ClF6N2O. The van der Waals surface area contributed by atoms with Gasteiger partial charge < -0.3 is 10.1 Å². The Hall–Kier alpha value is -2.00. The molecule has 1 N–H and O–H groups in total. The van der Waals surface area contributed by atoms with Crippen molar-refractivity contribution < 1.29 is 31.1 Å². The van der Waals surface area contributed by atoms with Crippen molar-refractivity contribution in [2.75, 3.05) is 13.7 Å². The predicted molar refractivity (Wildman–Crippen MR) is 93.4 cm³/mol. The summed E-state index contributed by atoms with van der Waals surface area (Å²) in [6, 6.07) is 2.83. The van der Waals surface area contributed by atoms with Gasteiger partial charge in [0.1, 0.15) is 12.4 Å². The van der Waals surface area contributed by atoms with Gasteiger partial charge in [-0.1, -0.05) is 0 Å². The van der Waals surface area contributed by atoms with Crippen molar-refractivity contribution in [2.45, 2.75) is 30.7 Å². The van der Waals surface area contributed by atoms with E-state index in [1.165, 1.54) is 18.5 Å². The molecule has 154 valence electrons. The molecule has 1 aromatic heterocycles. The molecule has 0 radical (unpaired) electrons. The lowest BCUT2D eigenvalue weighted by molar-refractivity contribution is -0.143. The van der Waals surface area contributed by atoms with Crippen molar-refractivity contribution >= 4 is 12.4 Å². The van der Waals surface area contributed by atoms with Gasteiger partial charge in [0.05, 0.1) is 22.9 Å². The summed E-state index contributed by atoms with van der Waals surface area (Å²) in [7, 11) is 1.80. The lowest BCUT2D eigenvalue weighted by Crippen LogP contribution is -2.33. The molecule has 28 heavy (non-hydrogen) atoms. The Labute approximate surface area is 163 Å². The SMILES string of the molecule is CNC1(COc2cncc(-c3cc(C(F)(F)F)cc(C(F)(F)F)c3)c2)CC1.Cl. The molecular weight excluding hydrogens is 410 g/mol. The first-order valence-electron chi connectivity index (χ1n) is 8.09. The van der Waals surface area contributed by atoms with Gasteiger partial charge >= 0.3 is 12.4 Å². The third-order valence-electron chi connectivity index (χ3n) is 4.53. The van der Waals surface area contributed by atoms with Crippen LogP contribution in [0.1, 0.15) is 24.0 Å². The molecule has 3 rings (SSSR count). The maximum Gasteiger partial charge on any atom is 0.416 e. The molecule has 1 heterocycles. The molecule has 0 aliphatic heterocycles. The largest absolute Gasteiger partial charge is 0.490 e. The quantitative estimate of drug-likeness (QED) is 0.655. The van der Waals surface area contributed by atoms with Crippen molar-refractivity contribution in [3.05, 3.63) is 47.8 Å². The summed E-state index contributed by atoms with van der Waals surface area (Å²) in [6.45, 7) is 0.338. The number of hydrogen-bond acceptors (Lipinski definition) is 3. The second-order valence-electron chi connectivity index (χ2n) is 6.52. The molecule has 2 aromatic rings. The van der Waals surface area contributed by atoms with E-state index in [-0.39, 0.29) is 40.9 Å². The zero-order chi connectivity index (χ0) is 19.9. The first-order valence-corrected chi connectivity index (χ1v) is 8.09. The molecule has 0 atom stereocenters. The van der Waals surface area contributed by atoms with E-state index in [0.29, 0.717) is 18.7 Å². The number of benzene rings is 1. The number of aromatic nitrogens is 1. The van der Waals surface area contributed by atoms with E-state index < -0.39 is 23.5 Å². The molecule has 3 nitrogen and oxygen atoms in total. The van der Waals surface area contributed by atoms with Crippen molar-refractivity contribution in [3.8, 4) is 16.9 Å². The van der Waals surface area contributed by atoms with Crippen LogP contribution in [0.4, 0.5) is 26.3 Å². The average molecular weight is 427 g/mol. The highest BCUT2D eigenvalue weighted by atomic mass is 35.5. The minimum Gasteiger partial charge on any atom is -0.490 e. The number of pyridine rings is 1. The van der Waals surface area contributed by atoms with Crippen molar-refractivity contribution in [1.82, 2.24) is 10.3 Å². The minimum absolute atomic E-state index is 0. The number of hydrogen-bond donors (Lipinski definition) is 1. The van der Waals surface area contributed by atoms with Gasteiger partial charge in [-0.2, -0.15) is 26.3 Å². The maximum atomic E-state index is 13.0. The van der Waals surface area contributed by atoms with Gasteiger partial charge in [-0.3, -0.25) is 4.98 Å². The number of ether oxygens (including phenoxy) is 1. The van der Waals surface area contributed by atoms with Crippen LogP contribution >= 0.6 is 12.4 Å². The normalized spacial score (nSPS) is 15.7. The van der Waals surface area contributed by atoms with Crippen molar-refractivity contribution in [2.24, 2.45) is 0 Å². The topological polar surface area (TPSA) is 34.1 Å². The Morgan fingerprint density at radius 1 is 0.929 bits per heavy atom. The molecule has 1 fully saturated rings. The molecule has 10 heteroatoms. The van der Waals surface area contributed by atoms with Crippen LogP contribution in [0.2, 0.25) is 0 Å². The van der Waals surface area contributed by atoms with E-state index in [0.717, 1.165) is 12.8 Å². The van der Waals surface area contributed by atoms with Crippen LogP contribution in [0.3, 0.4) is 0 Å². The zero-order valence-electron chi connectivity index (χ0n) is 14.6. The zero-order valence-corrected chi connectivity index (χ0v) is 15.4. The molecule has 0 unspecified atom stereocenters. The number of nitrogens with one attached hydrogen (secondary N) is 1. The van der Waals surface area contributed by atoms with Gasteiger partial charge in [0.2, 0.25) is 0 Å². The van der Waals surface area contributed by atoms with Crippen LogP contribution in [0.5, 0.6) is 5.75 Å². The molecule has 1 aliphatic rings. The summed E-state index contributed by atoms with van der Waals surface area (Å²) in [5.74, 6) is 0.278. The molecule has 0 bridgehead atoms. The lowest BCUT2D eigenvalue weighted by Gasteiger charge is -2.16. The summed E-state index contributed by atoms with van der Waals surface area (Å²) in [5.41, 5.74) is -2.99. The fourth-order valence-electron chi connectivity index (χ4n) is 2.62. The first kappa shape index (κ1) is 22.3. The molecule has 1 aromatic carbocycles. The van der Waals surface area contributed by atoms with E-state index in [1.807, 2.05) is 0 Å². The van der Waals surface area contributed by atoms with Crippen LogP contribution in [-0.2, 0) is 12.4 Å². The summed E-state index contributed by atoms with van der Waals surface area (Å²) < 4.78 is 83.7. The highest BCUT2D eigenvalue weighted by molar-refractivity contribution is 5.85. The predicted octanol–water partition coefficient (Wildman–Crippen LogP) is 5.34. The Morgan fingerprint density at radius 2 is 1.50 bits per heavy atom. The standard InChI is InChI=1S/C18H16F6N2O.ClH/c1-25-16(2-3-16)10-27-15-6-12(8-26-9-15)11-4-13(17(19,20)21)7-14(5-11)18(22,23)24;/h4-9,25H,2-3,10H2,1H3;1H. The summed E-state index contributed by atoms with van der Waals surface area (Å²) in [6.07, 6.45) is -5.37. The van der Waals surface area contributed by atoms with Crippen LogP contribution < -0.4 is 10.1 Å². The third kappa shape index (κ3) is 5.08. The first-order chi connectivity index (χ1) is 12.5. The fraction of sp³-hybridized carbons (Fsp3) is 0.389. The second kappa shape index (κ2) is 7.79. The van der Waals surface area contributed by atoms with E-state index in [1.54, 1.807) is 7.05 Å². The van der Waals surface area contributed by atoms with E-state index in [4.69, 9.17) is 4.74 Å². The molecule has 1 aliphatic carbocycles. The van der Waals surface area contributed by atoms with Crippen LogP contribution in [-0.4, -0.2) is 24.2 Å². The average Bonchev–Trinajstić information content (AvgIpc) is 3.39. The number of rotatable bonds is 5. The van der Waals surface area contributed by atoms with Gasteiger partial charge in [-0.15, -0.1) is 12.4 Å². The molecule has 0 saturated heterocycles. The Bertz CT molecular complexity index is 801. The highest BCUT2D eigenvalue weighted by Crippen LogP contribution is 2.39. The monoisotopic (exact) mass is 426 g/mol. The molecule has 0 amide bonds. The highest BCUT2D eigenvalue weighted by Gasteiger charge is 2.42. The van der Waals surface area contributed by atoms with Gasteiger partial charge in [-0.05, 0) is 49.7 Å². The summed E-state index contributed by atoms with van der Waals surface area (Å²) in [4.78, 5) is 3.88. The van der Waals surface area contributed by atoms with Crippen LogP contribution in [0.15, 0.2) is 36.7 Å². The smallest absolute Gasteiger partial charge is 0.416 e. The number of likely N-dealkylation sites (N-methyl/N-ethyl adjacent to an activating group) is 1. The van der Waals surface area contributed by atoms with E-state index in [2.05, 4.69) is 10.3 Å². The van der Waals surface area contributed by atoms with E-state index >= 15 is 0 Å². The Kier molecular flexibility index (Phi) is 6.20. The maximum absolute atomic E-state index is 13.0. The fourth-order valence-corrected chi connectivity index (χ4v) is 2.62. The van der Waals surface area contributed by atoms with Gasteiger partial charge in [0.25, 0.3) is 0 Å². The Morgan fingerprint density at radius 3 is 1.96 bits per heavy atom. The van der Waals surface area contributed by atoms with Crippen LogP contribution in [0, 0.1) is 0 Å². The van der Waals surface area contributed by atoms with E-state index in [9.17, 15) is 26.3 Å².